The Bertz CT molecular complexity index is 782. The Labute approximate surface area is 125 Å². The van der Waals surface area contributed by atoms with Gasteiger partial charge in [-0.15, -0.1) is 10.2 Å². The van der Waals surface area contributed by atoms with Crippen molar-refractivity contribution in [3.63, 3.8) is 0 Å². The number of thiazole rings is 1. The summed E-state index contributed by atoms with van der Waals surface area (Å²) in [6.07, 6.45) is 1.44. The number of carbonyl (C=O) groups excluding carboxylic acids is 1. The van der Waals surface area contributed by atoms with Gasteiger partial charge in [-0.3, -0.25) is 0 Å². The number of fused-ring (bicyclic) bond motifs is 1. The van der Waals surface area contributed by atoms with Gasteiger partial charge in [0.15, 0.2) is 0 Å². The molecule has 0 aromatic carbocycles. The molecular formula is C15H11N3O2S. The summed E-state index contributed by atoms with van der Waals surface area (Å²) in [4.78, 5) is 15.8. The number of hydrogen-bond acceptors (Lipinski definition) is 6. The number of methoxy groups -OCH3 is 1. The zero-order valence-electron chi connectivity index (χ0n) is 11.2. The predicted octanol–water partition coefficient (Wildman–Crippen LogP) is 4.45. The number of hydrogen-bond donors (Lipinski definition) is 0. The van der Waals surface area contributed by atoms with E-state index < -0.39 is 5.97 Å². The number of aromatic nitrogens is 1. The van der Waals surface area contributed by atoms with Crippen molar-refractivity contribution >= 4 is 28.1 Å². The second-order valence-electron chi connectivity index (χ2n) is 4.20. The summed E-state index contributed by atoms with van der Waals surface area (Å²) in [6, 6.07) is 13.8. The Balaban J connectivity index is 1.86. The standard InChI is InChI=1S/C15H11N3O2S/c1-20-14(19)13-9-16-15(21-13)18-17-12-8-7-10-5-3-2-4-6-11(10)12/h2-9H,1H3. The molecular weight excluding hydrogens is 286 g/mol. The van der Waals surface area contributed by atoms with E-state index in [1.54, 1.807) is 0 Å². The minimum absolute atomic E-state index is 0.408. The lowest BCUT2D eigenvalue weighted by Gasteiger charge is -1.93. The molecule has 0 radical (unpaired) electrons. The average Bonchev–Trinajstić information content (AvgIpc) is 3.05. The monoisotopic (exact) mass is 297 g/mol. The summed E-state index contributed by atoms with van der Waals surface area (Å²) in [7, 11) is 1.33. The Kier molecular flexibility index (Phi) is 3.70. The minimum atomic E-state index is -0.417. The van der Waals surface area contributed by atoms with Crippen molar-refractivity contribution in [3.8, 4) is 11.1 Å². The molecule has 0 bridgehead atoms. The van der Waals surface area contributed by atoms with E-state index >= 15 is 0 Å². The molecule has 0 fully saturated rings. The molecule has 1 aromatic rings. The molecule has 21 heavy (non-hydrogen) atoms. The van der Waals surface area contributed by atoms with Crippen LogP contribution < -0.4 is 0 Å². The number of carbonyl (C=O) groups is 1. The fourth-order valence-electron chi connectivity index (χ4n) is 1.89. The van der Waals surface area contributed by atoms with Gasteiger partial charge < -0.3 is 4.74 Å². The Morgan fingerprint density at radius 2 is 2.00 bits per heavy atom. The fourth-order valence-corrected chi connectivity index (χ4v) is 2.54. The van der Waals surface area contributed by atoms with E-state index in [1.165, 1.54) is 13.3 Å². The first-order valence-corrected chi connectivity index (χ1v) is 7.03. The van der Waals surface area contributed by atoms with Crippen LogP contribution >= 0.6 is 11.3 Å². The largest absolute Gasteiger partial charge is 0.465 e. The summed E-state index contributed by atoms with van der Waals surface area (Å²) in [5, 5.41) is 8.71. The number of rotatable bonds is 3. The van der Waals surface area contributed by atoms with Crippen LogP contribution in [0.5, 0.6) is 0 Å². The fraction of sp³-hybridized carbons (Fsp3) is 0.0667. The van der Waals surface area contributed by atoms with Gasteiger partial charge in [-0.25, -0.2) is 9.78 Å². The van der Waals surface area contributed by atoms with E-state index in [0.717, 1.165) is 28.2 Å². The smallest absolute Gasteiger partial charge is 0.349 e. The highest BCUT2D eigenvalue weighted by molar-refractivity contribution is 7.17. The van der Waals surface area contributed by atoms with Crippen LogP contribution in [-0.4, -0.2) is 18.1 Å². The van der Waals surface area contributed by atoms with Gasteiger partial charge in [-0.2, -0.15) is 0 Å². The number of esters is 1. The second-order valence-corrected chi connectivity index (χ2v) is 5.21. The summed E-state index contributed by atoms with van der Waals surface area (Å²) < 4.78 is 4.63. The molecule has 5 nitrogen and oxygen atoms in total. The van der Waals surface area contributed by atoms with Crippen LogP contribution in [0.4, 0.5) is 10.8 Å². The average molecular weight is 297 g/mol. The van der Waals surface area contributed by atoms with Crippen molar-refractivity contribution in [3.05, 3.63) is 53.5 Å². The van der Waals surface area contributed by atoms with E-state index in [9.17, 15) is 4.79 Å². The number of nitrogens with zero attached hydrogens (tertiary/aromatic N) is 3. The van der Waals surface area contributed by atoms with Gasteiger partial charge in [-0.05, 0) is 11.6 Å². The maximum Gasteiger partial charge on any atom is 0.349 e. The summed E-state index contributed by atoms with van der Waals surface area (Å²) in [5.74, 6) is -0.417. The van der Waals surface area contributed by atoms with Crippen LogP contribution in [0.2, 0.25) is 0 Å². The summed E-state index contributed by atoms with van der Waals surface area (Å²) >= 11 is 1.14. The lowest BCUT2D eigenvalue weighted by molar-refractivity contribution is 0.0606. The molecule has 0 saturated carbocycles. The van der Waals surface area contributed by atoms with Crippen molar-refractivity contribution in [1.82, 2.24) is 4.98 Å². The third-order valence-electron chi connectivity index (χ3n) is 2.89. The first-order chi connectivity index (χ1) is 10.3. The van der Waals surface area contributed by atoms with E-state index in [4.69, 9.17) is 0 Å². The quantitative estimate of drug-likeness (QED) is 0.530. The molecule has 0 aliphatic heterocycles. The predicted molar refractivity (Wildman–Crippen MR) is 80.7 cm³/mol. The summed E-state index contributed by atoms with van der Waals surface area (Å²) in [5.41, 5.74) is 2.90. The number of ether oxygens (including phenoxy) is 1. The molecule has 2 aliphatic carbocycles. The van der Waals surface area contributed by atoms with E-state index in [1.807, 2.05) is 42.5 Å². The highest BCUT2D eigenvalue weighted by Crippen LogP contribution is 2.34. The Morgan fingerprint density at radius 3 is 2.86 bits per heavy atom. The molecule has 104 valence electrons. The topological polar surface area (TPSA) is 63.9 Å². The van der Waals surface area contributed by atoms with Crippen LogP contribution in [-0.2, 0) is 4.74 Å². The van der Waals surface area contributed by atoms with Gasteiger partial charge in [0.25, 0.3) is 0 Å². The third kappa shape index (κ3) is 2.80. The lowest BCUT2D eigenvalue weighted by atomic mass is 10.2. The summed E-state index contributed by atoms with van der Waals surface area (Å²) in [6.45, 7) is 0. The minimum Gasteiger partial charge on any atom is -0.465 e. The highest BCUT2D eigenvalue weighted by Gasteiger charge is 2.11. The SMILES string of the molecule is COC(=O)c1cnc(N=Nc2ccc3cccccc2-3)s1. The molecule has 0 atom stereocenters. The van der Waals surface area contributed by atoms with E-state index in [2.05, 4.69) is 19.9 Å². The van der Waals surface area contributed by atoms with Gasteiger partial charge in [-0.1, -0.05) is 47.7 Å². The lowest BCUT2D eigenvalue weighted by Crippen LogP contribution is -1.96. The van der Waals surface area contributed by atoms with Crippen molar-refractivity contribution < 1.29 is 9.53 Å². The molecule has 3 rings (SSSR count). The highest BCUT2D eigenvalue weighted by atomic mass is 32.1. The molecule has 0 spiro atoms. The molecule has 0 saturated heterocycles. The molecule has 6 heteroatoms. The molecule has 2 aliphatic rings. The van der Waals surface area contributed by atoms with Crippen LogP contribution in [0, 0.1) is 0 Å². The van der Waals surface area contributed by atoms with Gasteiger partial charge >= 0.3 is 5.97 Å². The molecule has 0 N–H and O–H groups in total. The molecule has 0 amide bonds. The first kappa shape index (κ1) is 13.4. The third-order valence-corrected chi connectivity index (χ3v) is 3.75. The van der Waals surface area contributed by atoms with Crippen molar-refractivity contribution in [2.75, 3.05) is 7.11 Å². The maximum absolute atomic E-state index is 11.3. The van der Waals surface area contributed by atoms with E-state index in [-0.39, 0.29) is 0 Å². The second kappa shape index (κ2) is 5.80. The zero-order chi connectivity index (χ0) is 14.7. The maximum atomic E-state index is 11.3. The number of azo groups is 1. The first-order valence-electron chi connectivity index (χ1n) is 6.21. The van der Waals surface area contributed by atoms with Crippen molar-refractivity contribution in [2.45, 2.75) is 0 Å². The van der Waals surface area contributed by atoms with Gasteiger partial charge in [0.05, 0.1) is 19.0 Å². The van der Waals surface area contributed by atoms with Crippen LogP contribution in [0.15, 0.2) is 58.9 Å². The van der Waals surface area contributed by atoms with Crippen LogP contribution in [0.3, 0.4) is 0 Å². The van der Waals surface area contributed by atoms with E-state index in [0.29, 0.717) is 10.0 Å². The van der Waals surface area contributed by atoms with Crippen molar-refractivity contribution in [1.29, 1.82) is 0 Å². The van der Waals surface area contributed by atoms with Crippen LogP contribution in [0.1, 0.15) is 9.67 Å². The Hall–Kier alpha value is -2.60. The van der Waals surface area contributed by atoms with Gasteiger partial charge in [0.2, 0.25) is 5.13 Å². The Morgan fingerprint density at radius 1 is 1.14 bits per heavy atom. The molecule has 0 unspecified atom stereocenters. The van der Waals surface area contributed by atoms with Crippen molar-refractivity contribution in [2.24, 2.45) is 10.2 Å². The van der Waals surface area contributed by atoms with Gasteiger partial charge in [0, 0.05) is 5.56 Å². The normalized spacial score (nSPS) is 11.1. The zero-order valence-corrected chi connectivity index (χ0v) is 12.0. The molecule has 1 heterocycles. The van der Waals surface area contributed by atoms with Crippen LogP contribution in [0.25, 0.3) is 11.1 Å². The molecule has 1 aromatic heterocycles. The van der Waals surface area contributed by atoms with Gasteiger partial charge in [0.1, 0.15) is 4.88 Å².